The molecule has 90 valence electrons. The lowest BCUT2D eigenvalue weighted by Gasteiger charge is -2.33. The first-order valence-corrected chi connectivity index (χ1v) is 6.20. The van der Waals surface area contributed by atoms with E-state index in [1.807, 2.05) is 0 Å². The molecule has 1 saturated heterocycles. The Morgan fingerprint density at radius 1 is 1.40 bits per heavy atom. The highest BCUT2D eigenvalue weighted by Gasteiger charge is 2.26. The predicted molar refractivity (Wildman–Crippen MR) is 61.9 cm³/mol. The normalized spacial score (nSPS) is 23.0. The van der Waals surface area contributed by atoms with E-state index in [1.165, 1.54) is 12.8 Å². The molecule has 3 nitrogen and oxygen atoms in total. The van der Waals surface area contributed by atoms with Crippen molar-refractivity contribution in [2.75, 3.05) is 26.4 Å². The topological polar surface area (TPSA) is 41.5 Å². The van der Waals surface area contributed by atoms with Crippen LogP contribution in [0, 0.1) is 5.92 Å². The first-order chi connectivity index (χ1) is 7.26. The van der Waals surface area contributed by atoms with Gasteiger partial charge in [-0.2, -0.15) is 0 Å². The molecule has 0 radical (unpaired) electrons. The van der Waals surface area contributed by atoms with Crippen molar-refractivity contribution in [1.82, 2.24) is 5.32 Å². The smallest absolute Gasteiger partial charge is 0.0613 e. The maximum atomic E-state index is 9.41. The van der Waals surface area contributed by atoms with Gasteiger partial charge in [0.05, 0.1) is 13.2 Å². The average Bonchev–Trinajstić information content (AvgIpc) is 2.33. The predicted octanol–water partition coefficient (Wildman–Crippen LogP) is 1.55. The molecule has 1 heterocycles. The molecule has 1 aliphatic rings. The SMILES string of the molecule is CCC(CC)(CO)NCC1CCCOC1. The maximum Gasteiger partial charge on any atom is 0.0613 e. The summed E-state index contributed by atoms with van der Waals surface area (Å²) < 4.78 is 5.45. The summed E-state index contributed by atoms with van der Waals surface area (Å²) in [5.74, 6) is 0.628. The van der Waals surface area contributed by atoms with E-state index in [1.54, 1.807) is 0 Å². The Morgan fingerprint density at radius 3 is 2.60 bits per heavy atom. The Bertz CT molecular complexity index is 155. The van der Waals surface area contributed by atoms with Gasteiger partial charge in [0.15, 0.2) is 0 Å². The second-order valence-corrected chi connectivity index (χ2v) is 4.61. The molecule has 1 aliphatic heterocycles. The van der Waals surface area contributed by atoms with Crippen LogP contribution in [0.2, 0.25) is 0 Å². The van der Waals surface area contributed by atoms with Crippen LogP contribution in [0.5, 0.6) is 0 Å². The Labute approximate surface area is 93.2 Å². The van der Waals surface area contributed by atoms with Gasteiger partial charge in [-0.15, -0.1) is 0 Å². The summed E-state index contributed by atoms with van der Waals surface area (Å²) in [6.07, 6.45) is 4.39. The first kappa shape index (κ1) is 12.9. The molecule has 1 rings (SSSR count). The van der Waals surface area contributed by atoms with E-state index >= 15 is 0 Å². The Balaban J connectivity index is 2.31. The van der Waals surface area contributed by atoms with Crippen molar-refractivity contribution in [2.45, 2.75) is 45.1 Å². The zero-order valence-corrected chi connectivity index (χ0v) is 10.1. The third kappa shape index (κ3) is 3.74. The van der Waals surface area contributed by atoms with E-state index in [4.69, 9.17) is 4.74 Å². The average molecular weight is 215 g/mol. The first-order valence-electron chi connectivity index (χ1n) is 6.20. The molecule has 15 heavy (non-hydrogen) atoms. The highest BCUT2D eigenvalue weighted by molar-refractivity contribution is 4.85. The second-order valence-electron chi connectivity index (χ2n) is 4.61. The summed E-state index contributed by atoms with van der Waals surface area (Å²) in [5.41, 5.74) is -0.0720. The number of hydrogen-bond donors (Lipinski definition) is 2. The summed E-state index contributed by atoms with van der Waals surface area (Å²) in [6.45, 7) is 7.26. The van der Waals surface area contributed by atoms with Crippen LogP contribution in [0.4, 0.5) is 0 Å². The molecule has 3 heteroatoms. The number of aliphatic hydroxyl groups excluding tert-OH is 1. The van der Waals surface area contributed by atoms with Gasteiger partial charge in [-0.25, -0.2) is 0 Å². The number of aliphatic hydroxyl groups is 1. The van der Waals surface area contributed by atoms with Crippen LogP contribution in [0.15, 0.2) is 0 Å². The van der Waals surface area contributed by atoms with Crippen LogP contribution >= 0.6 is 0 Å². The third-order valence-corrected chi connectivity index (χ3v) is 3.68. The molecule has 0 aliphatic carbocycles. The summed E-state index contributed by atoms with van der Waals surface area (Å²) in [4.78, 5) is 0. The summed E-state index contributed by atoms with van der Waals surface area (Å²) in [7, 11) is 0. The van der Waals surface area contributed by atoms with Crippen molar-refractivity contribution < 1.29 is 9.84 Å². The van der Waals surface area contributed by atoms with Gasteiger partial charge in [0.2, 0.25) is 0 Å². The Morgan fingerprint density at radius 2 is 2.13 bits per heavy atom. The molecule has 0 bridgehead atoms. The molecular weight excluding hydrogens is 190 g/mol. The van der Waals surface area contributed by atoms with Gasteiger partial charge in [0.1, 0.15) is 0 Å². The van der Waals surface area contributed by atoms with Gasteiger partial charge in [0.25, 0.3) is 0 Å². The zero-order chi connectivity index (χ0) is 11.1. The van der Waals surface area contributed by atoms with Crippen molar-refractivity contribution in [3.8, 4) is 0 Å². The van der Waals surface area contributed by atoms with Gasteiger partial charge in [-0.1, -0.05) is 13.8 Å². The van der Waals surface area contributed by atoms with Crippen LogP contribution in [0.1, 0.15) is 39.5 Å². The van der Waals surface area contributed by atoms with E-state index in [2.05, 4.69) is 19.2 Å². The van der Waals surface area contributed by atoms with Gasteiger partial charge in [-0.3, -0.25) is 0 Å². The molecule has 1 unspecified atom stereocenters. The van der Waals surface area contributed by atoms with E-state index < -0.39 is 0 Å². The van der Waals surface area contributed by atoms with Crippen molar-refractivity contribution in [2.24, 2.45) is 5.92 Å². The molecule has 0 aromatic carbocycles. The second kappa shape index (κ2) is 6.46. The molecule has 0 saturated carbocycles. The number of nitrogens with one attached hydrogen (secondary N) is 1. The Kier molecular flexibility index (Phi) is 5.58. The lowest BCUT2D eigenvalue weighted by molar-refractivity contribution is 0.0471. The Hall–Kier alpha value is -0.120. The highest BCUT2D eigenvalue weighted by atomic mass is 16.5. The monoisotopic (exact) mass is 215 g/mol. The highest BCUT2D eigenvalue weighted by Crippen LogP contribution is 2.17. The van der Waals surface area contributed by atoms with Gasteiger partial charge >= 0.3 is 0 Å². The van der Waals surface area contributed by atoms with Gasteiger partial charge < -0.3 is 15.2 Å². The maximum absolute atomic E-state index is 9.41. The van der Waals surface area contributed by atoms with Gasteiger partial charge in [-0.05, 0) is 31.6 Å². The van der Waals surface area contributed by atoms with Crippen molar-refractivity contribution >= 4 is 0 Å². The fourth-order valence-corrected chi connectivity index (χ4v) is 2.11. The fraction of sp³-hybridized carbons (Fsp3) is 1.00. The minimum Gasteiger partial charge on any atom is -0.394 e. The van der Waals surface area contributed by atoms with Crippen LogP contribution in [-0.4, -0.2) is 37.0 Å². The third-order valence-electron chi connectivity index (χ3n) is 3.68. The van der Waals surface area contributed by atoms with Crippen molar-refractivity contribution in [3.63, 3.8) is 0 Å². The van der Waals surface area contributed by atoms with Crippen molar-refractivity contribution in [1.29, 1.82) is 0 Å². The number of hydrogen-bond acceptors (Lipinski definition) is 3. The zero-order valence-electron chi connectivity index (χ0n) is 10.1. The lowest BCUT2D eigenvalue weighted by atomic mass is 9.92. The number of ether oxygens (including phenoxy) is 1. The van der Waals surface area contributed by atoms with Crippen molar-refractivity contribution in [3.05, 3.63) is 0 Å². The van der Waals surface area contributed by atoms with Crippen LogP contribution < -0.4 is 5.32 Å². The van der Waals surface area contributed by atoms with Gasteiger partial charge in [0, 0.05) is 18.7 Å². The number of rotatable bonds is 6. The van der Waals surface area contributed by atoms with E-state index in [0.717, 1.165) is 32.6 Å². The van der Waals surface area contributed by atoms with Crippen LogP contribution in [0.25, 0.3) is 0 Å². The molecule has 0 spiro atoms. The standard InChI is InChI=1S/C12H25NO2/c1-3-12(4-2,10-14)13-8-11-6-5-7-15-9-11/h11,13-14H,3-10H2,1-2H3. The quantitative estimate of drug-likeness (QED) is 0.706. The van der Waals surface area contributed by atoms with Crippen LogP contribution in [0.3, 0.4) is 0 Å². The minimum absolute atomic E-state index is 0.0720. The molecule has 1 atom stereocenters. The summed E-state index contributed by atoms with van der Waals surface area (Å²) >= 11 is 0. The van der Waals surface area contributed by atoms with Crippen LogP contribution in [-0.2, 0) is 4.74 Å². The van der Waals surface area contributed by atoms with E-state index in [-0.39, 0.29) is 12.1 Å². The summed E-state index contributed by atoms with van der Waals surface area (Å²) in [5, 5.41) is 12.9. The van der Waals surface area contributed by atoms with E-state index in [0.29, 0.717) is 5.92 Å². The molecule has 0 aromatic rings. The largest absolute Gasteiger partial charge is 0.394 e. The fourth-order valence-electron chi connectivity index (χ4n) is 2.11. The molecule has 1 fully saturated rings. The lowest BCUT2D eigenvalue weighted by Crippen LogP contribution is -2.50. The molecule has 0 amide bonds. The summed E-state index contributed by atoms with van der Waals surface area (Å²) in [6, 6.07) is 0. The minimum atomic E-state index is -0.0720. The van der Waals surface area contributed by atoms with E-state index in [9.17, 15) is 5.11 Å². The molecule has 2 N–H and O–H groups in total. The molecule has 0 aromatic heterocycles. The molecular formula is C12H25NO2.